The molecule has 2 aromatic heterocycles. The number of nitrogens with zero attached hydrogens (tertiary/aromatic N) is 5. The Hall–Kier alpha value is -3.04. The summed E-state index contributed by atoms with van der Waals surface area (Å²) < 4.78 is 30.2. The fraction of sp³-hybridized carbons (Fsp3) is 0.476. The van der Waals surface area contributed by atoms with Gasteiger partial charge in [-0.2, -0.15) is 36.9 Å². The summed E-state index contributed by atoms with van der Waals surface area (Å²) in [6.07, 6.45) is 1.25. The topological polar surface area (TPSA) is 259 Å². The molecule has 0 aliphatic heterocycles. The number of aliphatic imine (C=N–C) groups is 1. The average Bonchev–Trinajstić information content (AvgIpc) is 3.48. The molecule has 0 fully saturated rings. The summed E-state index contributed by atoms with van der Waals surface area (Å²) in [5.74, 6) is 5.13. The van der Waals surface area contributed by atoms with Gasteiger partial charge in [-0.15, -0.1) is 15.7 Å². The first-order valence-corrected chi connectivity index (χ1v) is 16.5. The van der Waals surface area contributed by atoms with E-state index >= 15 is 0 Å². The summed E-state index contributed by atoms with van der Waals surface area (Å²) in [6, 6.07) is 3.98. The number of guanidine groups is 1. The van der Waals surface area contributed by atoms with Crippen LogP contribution in [-0.2, 0) is 28.3 Å². The Balaban J connectivity index is 0.000000410. The zero-order valence-electron chi connectivity index (χ0n) is 23.0. The summed E-state index contributed by atoms with van der Waals surface area (Å²) >= 11 is 4.58. The second-order valence-corrected chi connectivity index (χ2v) is 12.5. The van der Waals surface area contributed by atoms with Crippen molar-refractivity contribution in [3.63, 3.8) is 0 Å². The van der Waals surface area contributed by atoms with Crippen LogP contribution in [0.3, 0.4) is 0 Å². The second kappa shape index (κ2) is 19.1. The molecule has 0 amide bonds. The largest absolute Gasteiger partial charge is 0.464 e. The van der Waals surface area contributed by atoms with Crippen molar-refractivity contribution in [1.29, 1.82) is 0 Å². The molecule has 230 valence electrons. The van der Waals surface area contributed by atoms with Gasteiger partial charge in [-0.25, -0.2) is 10.1 Å². The fourth-order valence-electron chi connectivity index (χ4n) is 2.72. The van der Waals surface area contributed by atoms with Gasteiger partial charge < -0.3 is 37.2 Å². The monoisotopic (exact) mass is 651 g/mol. The summed E-state index contributed by atoms with van der Waals surface area (Å²) in [6.45, 7) is 1.44. The highest BCUT2D eigenvalue weighted by molar-refractivity contribution is 7.98. The molecule has 2 aromatic rings. The van der Waals surface area contributed by atoms with Crippen LogP contribution >= 0.6 is 34.9 Å². The zero-order valence-corrected chi connectivity index (χ0v) is 26.2. The number of amidine groups is 1. The molecule has 0 aliphatic carbocycles. The van der Waals surface area contributed by atoms with Gasteiger partial charge >= 0.3 is 10.2 Å². The van der Waals surface area contributed by atoms with E-state index in [9.17, 15) is 18.5 Å². The molecule has 2 heterocycles. The van der Waals surface area contributed by atoms with Crippen LogP contribution in [0.15, 0.2) is 43.3 Å². The molecule has 0 saturated carbocycles. The minimum absolute atomic E-state index is 0.0144. The van der Waals surface area contributed by atoms with E-state index in [1.807, 2.05) is 31.6 Å². The first-order chi connectivity index (χ1) is 19.3. The van der Waals surface area contributed by atoms with Gasteiger partial charge in [0, 0.05) is 42.7 Å². The van der Waals surface area contributed by atoms with Gasteiger partial charge in [0.25, 0.3) is 6.20 Å². The number of furan rings is 1. The Morgan fingerprint density at radius 1 is 1.22 bits per heavy atom. The molecule has 20 heteroatoms. The van der Waals surface area contributed by atoms with Gasteiger partial charge in [0.2, 0.25) is 5.13 Å². The summed E-state index contributed by atoms with van der Waals surface area (Å²) in [5.41, 5.74) is 16.7. The predicted molar refractivity (Wildman–Crippen MR) is 167 cm³/mol. The van der Waals surface area contributed by atoms with Crippen LogP contribution in [0.2, 0.25) is 0 Å². The van der Waals surface area contributed by atoms with E-state index in [1.165, 1.54) is 23.1 Å². The highest BCUT2D eigenvalue weighted by Crippen LogP contribution is 2.22. The van der Waals surface area contributed by atoms with Gasteiger partial charge in [-0.05, 0) is 26.2 Å². The van der Waals surface area contributed by atoms with Crippen molar-refractivity contribution in [3.8, 4) is 0 Å². The summed E-state index contributed by atoms with van der Waals surface area (Å²) in [5, 5.41) is 23.1. The van der Waals surface area contributed by atoms with E-state index in [0.717, 1.165) is 41.5 Å². The lowest BCUT2D eigenvalue weighted by Gasteiger charge is -2.07. The molecule has 0 atom stereocenters. The standard InChI is InChI=1S/C13H22N4O3S.C8H15N7O2S3/c1-14-13(9-17(18)19)15-6-7-21-10-12-5-4-11(20-12)8-16(2)3;9-6(15-20(12,16)17)1-2-18-3-5-4-19-8(13-5)14-7(10)11/h4-5,9,14-15H,6-8,10H2,1-3H3;4H,1-3H2,(H2,9,15)(H2,12,16,17)(H4,10,11,13,14)/b13-9+;. The van der Waals surface area contributed by atoms with E-state index in [0.29, 0.717) is 35.4 Å². The number of hydrogen-bond acceptors (Lipinski definition) is 13. The second-order valence-electron chi connectivity index (χ2n) is 8.22. The molecule has 0 aromatic carbocycles. The average molecular weight is 652 g/mol. The van der Waals surface area contributed by atoms with Crippen molar-refractivity contribution >= 4 is 62.0 Å². The summed E-state index contributed by atoms with van der Waals surface area (Å²) in [7, 11) is 1.73. The van der Waals surface area contributed by atoms with Gasteiger partial charge in [0.15, 0.2) is 11.8 Å². The van der Waals surface area contributed by atoms with E-state index in [-0.39, 0.29) is 11.8 Å². The number of rotatable bonds is 17. The lowest BCUT2D eigenvalue weighted by Crippen LogP contribution is -2.26. The van der Waals surface area contributed by atoms with Crippen molar-refractivity contribution in [2.75, 3.05) is 39.2 Å². The van der Waals surface area contributed by atoms with Crippen molar-refractivity contribution in [1.82, 2.24) is 20.5 Å². The number of thioether (sulfide) groups is 2. The molecular weight excluding hydrogens is 615 g/mol. The lowest BCUT2D eigenvalue weighted by molar-refractivity contribution is -0.404. The third-order valence-corrected chi connectivity index (χ3v) is 7.51. The third kappa shape index (κ3) is 18.8. The molecule has 0 unspecified atom stereocenters. The van der Waals surface area contributed by atoms with Crippen LogP contribution in [0.4, 0.5) is 5.13 Å². The van der Waals surface area contributed by atoms with Gasteiger partial charge in [-0.1, -0.05) is 0 Å². The maximum absolute atomic E-state index is 10.6. The summed E-state index contributed by atoms with van der Waals surface area (Å²) in [4.78, 5) is 19.9. The first kappa shape index (κ1) is 36.0. The minimum Gasteiger partial charge on any atom is -0.464 e. The first-order valence-electron chi connectivity index (χ1n) is 11.8. The van der Waals surface area contributed by atoms with Crippen molar-refractivity contribution in [3.05, 3.63) is 56.9 Å². The fourth-order valence-corrected chi connectivity index (χ4v) is 5.55. The van der Waals surface area contributed by atoms with Crippen molar-refractivity contribution in [2.24, 2.45) is 31.7 Å². The van der Waals surface area contributed by atoms with Gasteiger partial charge in [-0.3, -0.25) is 10.1 Å². The number of nitrogens with one attached hydrogen (secondary N) is 2. The number of hydrogen-bond donors (Lipinski definition) is 6. The van der Waals surface area contributed by atoms with Gasteiger partial charge in [0.1, 0.15) is 17.4 Å². The molecule has 16 nitrogen and oxygen atoms in total. The van der Waals surface area contributed by atoms with Crippen LogP contribution in [-0.4, -0.2) is 74.2 Å². The molecule has 2 rings (SSSR count). The molecule has 0 aliphatic rings. The van der Waals surface area contributed by atoms with Crippen molar-refractivity contribution in [2.45, 2.75) is 24.5 Å². The van der Waals surface area contributed by atoms with Crippen LogP contribution in [0.25, 0.3) is 0 Å². The number of thiazole rings is 1. The molecular formula is C21H37N11O5S4. The highest BCUT2D eigenvalue weighted by Gasteiger charge is 2.05. The number of nitro groups is 1. The Morgan fingerprint density at radius 3 is 2.51 bits per heavy atom. The molecule has 0 radical (unpaired) electrons. The number of aromatic nitrogens is 1. The smallest absolute Gasteiger partial charge is 0.318 e. The normalized spacial score (nSPS) is 12.0. The Bertz CT molecular complexity index is 1270. The Labute approximate surface area is 251 Å². The maximum Gasteiger partial charge on any atom is 0.318 e. The molecule has 10 N–H and O–H groups in total. The highest BCUT2D eigenvalue weighted by atomic mass is 32.2. The van der Waals surface area contributed by atoms with E-state index in [1.54, 1.807) is 18.8 Å². The molecule has 0 saturated heterocycles. The molecule has 0 spiro atoms. The van der Waals surface area contributed by atoms with Crippen molar-refractivity contribution < 1.29 is 17.8 Å². The molecule has 41 heavy (non-hydrogen) atoms. The minimum atomic E-state index is -3.92. The van der Waals surface area contributed by atoms with E-state index in [4.69, 9.17) is 26.8 Å². The maximum atomic E-state index is 10.6. The number of nitrogens with two attached hydrogens (primary N) is 4. The Kier molecular flexibility index (Phi) is 16.8. The van der Waals surface area contributed by atoms with Crippen LogP contribution in [0.5, 0.6) is 0 Å². The van der Waals surface area contributed by atoms with Crippen LogP contribution in [0.1, 0.15) is 23.6 Å². The van der Waals surface area contributed by atoms with Gasteiger partial charge in [0.05, 0.1) is 22.9 Å². The lowest BCUT2D eigenvalue weighted by atomic mass is 10.4. The van der Waals surface area contributed by atoms with E-state index in [2.05, 4.69) is 29.9 Å². The molecule has 0 bridgehead atoms. The third-order valence-electron chi connectivity index (χ3n) is 4.26. The van der Waals surface area contributed by atoms with E-state index < -0.39 is 15.1 Å². The quantitative estimate of drug-likeness (QED) is 0.0452. The predicted octanol–water partition coefficient (Wildman–Crippen LogP) is 0.691. The SMILES string of the molecule is CN/C(=C\[N+](=O)[O-])NCCSCc1ccc(CN(C)C)o1.NC(N)=Nc1nc(CSCC/C(N)=N/S(N)(=O)=O)cs1. The van der Waals surface area contributed by atoms with Crippen LogP contribution in [0, 0.1) is 10.1 Å². The zero-order chi connectivity index (χ0) is 30.8. The Morgan fingerprint density at radius 2 is 1.90 bits per heavy atom. The van der Waals surface area contributed by atoms with Crippen LogP contribution < -0.4 is 33.0 Å².